The standard InChI is InChI=1S/C28H40N2O2.2ClH/c1-32-25-11-10-21-18-23(9-8-22(21)19-25)27(26-6-2-3-7-28(26)31)20-29-16-12-24(13-17-29)30-14-4-5-15-30;;/h8-11,18-19,24,26-28,31H,2-7,12-17,20H2,1H3;2*1H. The number of halogens is 2. The summed E-state index contributed by atoms with van der Waals surface area (Å²) >= 11 is 0. The van der Waals surface area contributed by atoms with Crippen LogP contribution in [0, 0.1) is 5.92 Å². The van der Waals surface area contributed by atoms with E-state index < -0.39 is 0 Å². The molecule has 2 aromatic carbocycles. The molecule has 4 nitrogen and oxygen atoms in total. The number of aliphatic hydroxyl groups excluding tert-OH is 1. The number of hydrogen-bond donors (Lipinski definition) is 1. The van der Waals surface area contributed by atoms with Crippen LogP contribution in [0.3, 0.4) is 0 Å². The van der Waals surface area contributed by atoms with Gasteiger partial charge in [-0.3, -0.25) is 0 Å². The second-order valence-electron chi connectivity index (χ2n) is 10.4. The van der Waals surface area contributed by atoms with Crippen LogP contribution in [-0.2, 0) is 0 Å². The predicted octanol–water partition coefficient (Wildman–Crippen LogP) is 5.89. The van der Waals surface area contributed by atoms with Gasteiger partial charge >= 0.3 is 0 Å². The Morgan fingerprint density at radius 1 is 0.853 bits per heavy atom. The van der Waals surface area contributed by atoms with E-state index in [9.17, 15) is 5.11 Å². The van der Waals surface area contributed by atoms with Gasteiger partial charge in [-0.05, 0) is 99.1 Å². The first-order valence-electron chi connectivity index (χ1n) is 12.9. The van der Waals surface area contributed by atoms with Gasteiger partial charge in [-0.25, -0.2) is 0 Å². The van der Waals surface area contributed by atoms with Gasteiger partial charge < -0.3 is 19.6 Å². The number of rotatable bonds is 6. The smallest absolute Gasteiger partial charge is 0.119 e. The summed E-state index contributed by atoms with van der Waals surface area (Å²) in [5.74, 6) is 1.68. The topological polar surface area (TPSA) is 35.9 Å². The third kappa shape index (κ3) is 6.20. The molecule has 3 unspecified atom stereocenters. The molecule has 0 radical (unpaired) electrons. The molecular formula is C28H42Cl2N2O2. The van der Waals surface area contributed by atoms with Crippen LogP contribution >= 0.6 is 24.8 Å². The molecule has 1 aliphatic carbocycles. The molecule has 1 N–H and O–H groups in total. The minimum atomic E-state index is -0.164. The van der Waals surface area contributed by atoms with Crippen molar-refractivity contribution in [2.75, 3.05) is 39.8 Å². The molecule has 2 heterocycles. The number of fused-ring (bicyclic) bond motifs is 1. The molecule has 34 heavy (non-hydrogen) atoms. The number of benzene rings is 2. The fourth-order valence-electron chi connectivity index (χ4n) is 6.55. The Morgan fingerprint density at radius 3 is 2.24 bits per heavy atom. The molecule has 2 saturated heterocycles. The first-order valence-corrected chi connectivity index (χ1v) is 12.9. The Kier molecular flexibility index (Phi) is 10.4. The lowest BCUT2D eigenvalue weighted by Gasteiger charge is -2.41. The van der Waals surface area contributed by atoms with Gasteiger partial charge in [0.25, 0.3) is 0 Å². The molecule has 0 amide bonds. The van der Waals surface area contributed by atoms with Gasteiger partial charge in [-0.1, -0.05) is 37.1 Å². The highest BCUT2D eigenvalue weighted by Gasteiger charge is 2.34. The Morgan fingerprint density at radius 2 is 1.53 bits per heavy atom. The van der Waals surface area contributed by atoms with Crippen LogP contribution in [0.2, 0.25) is 0 Å². The van der Waals surface area contributed by atoms with Gasteiger partial charge in [0.2, 0.25) is 0 Å². The Hall–Kier alpha value is -1.04. The van der Waals surface area contributed by atoms with Crippen molar-refractivity contribution in [1.82, 2.24) is 9.80 Å². The van der Waals surface area contributed by atoms with Crippen molar-refractivity contribution in [1.29, 1.82) is 0 Å². The zero-order valence-corrected chi connectivity index (χ0v) is 22.2. The highest BCUT2D eigenvalue weighted by molar-refractivity contribution is 5.86. The van der Waals surface area contributed by atoms with Gasteiger partial charge in [-0.2, -0.15) is 0 Å². The average molecular weight is 510 g/mol. The summed E-state index contributed by atoms with van der Waals surface area (Å²) in [6, 6.07) is 14.1. The molecule has 3 aliphatic rings. The first-order chi connectivity index (χ1) is 15.7. The van der Waals surface area contributed by atoms with Gasteiger partial charge in [0, 0.05) is 18.5 Å². The Labute approximate surface area is 217 Å². The van der Waals surface area contributed by atoms with Crippen LogP contribution in [-0.4, -0.2) is 66.9 Å². The molecule has 3 fully saturated rings. The quantitative estimate of drug-likeness (QED) is 0.527. The fourth-order valence-corrected chi connectivity index (χ4v) is 6.55. The van der Waals surface area contributed by atoms with E-state index >= 15 is 0 Å². The predicted molar refractivity (Wildman–Crippen MR) is 146 cm³/mol. The maximum Gasteiger partial charge on any atom is 0.119 e. The summed E-state index contributed by atoms with van der Waals surface area (Å²) in [6.07, 6.45) is 9.74. The summed E-state index contributed by atoms with van der Waals surface area (Å²) < 4.78 is 5.41. The van der Waals surface area contributed by atoms with E-state index in [-0.39, 0.29) is 30.9 Å². The van der Waals surface area contributed by atoms with E-state index in [1.165, 1.54) is 81.0 Å². The van der Waals surface area contributed by atoms with E-state index in [0.29, 0.717) is 11.8 Å². The summed E-state index contributed by atoms with van der Waals surface area (Å²) in [5.41, 5.74) is 1.40. The lowest BCUT2D eigenvalue weighted by molar-refractivity contribution is 0.0400. The molecule has 2 aromatic rings. The number of piperidine rings is 1. The van der Waals surface area contributed by atoms with Gasteiger partial charge in [0.1, 0.15) is 5.75 Å². The minimum absolute atomic E-state index is 0. The zero-order valence-electron chi connectivity index (χ0n) is 20.5. The number of likely N-dealkylation sites (tertiary alicyclic amines) is 2. The van der Waals surface area contributed by atoms with Crippen molar-refractivity contribution in [3.8, 4) is 5.75 Å². The summed E-state index contributed by atoms with van der Waals surface area (Å²) in [4.78, 5) is 5.42. The van der Waals surface area contributed by atoms with Crippen LogP contribution in [0.25, 0.3) is 10.8 Å². The molecule has 190 valence electrons. The summed E-state index contributed by atoms with van der Waals surface area (Å²) in [7, 11) is 1.73. The van der Waals surface area contributed by atoms with Crippen molar-refractivity contribution < 1.29 is 9.84 Å². The Balaban J connectivity index is 0.00000162. The fraction of sp³-hybridized carbons (Fsp3) is 0.643. The average Bonchev–Trinajstić information content (AvgIpc) is 3.38. The molecule has 1 saturated carbocycles. The van der Waals surface area contributed by atoms with Crippen LogP contribution in [0.15, 0.2) is 36.4 Å². The molecule has 2 aliphatic heterocycles. The third-order valence-corrected chi connectivity index (χ3v) is 8.47. The monoisotopic (exact) mass is 508 g/mol. The van der Waals surface area contributed by atoms with E-state index in [1.807, 2.05) is 0 Å². The largest absolute Gasteiger partial charge is 0.497 e. The molecular weight excluding hydrogens is 467 g/mol. The van der Waals surface area contributed by atoms with E-state index in [0.717, 1.165) is 31.2 Å². The lowest BCUT2D eigenvalue weighted by atomic mass is 9.74. The van der Waals surface area contributed by atoms with Gasteiger partial charge in [-0.15, -0.1) is 24.8 Å². The molecule has 5 rings (SSSR count). The Bertz CT molecular complexity index is 897. The van der Waals surface area contributed by atoms with E-state index in [4.69, 9.17) is 4.74 Å². The summed E-state index contributed by atoms with van der Waals surface area (Å²) in [5, 5.41) is 13.4. The number of ether oxygens (including phenoxy) is 1. The van der Waals surface area contributed by atoms with Crippen LogP contribution in [0.4, 0.5) is 0 Å². The molecule has 0 aromatic heterocycles. The zero-order chi connectivity index (χ0) is 21.9. The highest BCUT2D eigenvalue weighted by atomic mass is 35.5. The number of aliphatic hydroxyl groups is 1. The van der Waals surface area contributed by atoms with E-state index in [1.54, 1.807) is 7.11 Å². The van der Waals surface area contributed by atoms with Crippen molar-refractivity contribution >= 4 is 35.6 Å². The second kappa shape index (κ2) is 12.8. The highest BCUT2D eigenvalue weighted by Crippen LogP contribution is 2.39. The maximum atomic E-state index is 11.0. The van der Waals surface area contributed by atoms with Crippen molar-refractivity contribution in [3.05, 3.63) is 42.0 Å². The normalized spacial score (nSPS) is 25.5. The molecule has 3 atom stereocenters. The lowest BCUT2D eigenvalue weighted by Crippen LogP contribution is -2.46. The second-order valence-corrected chi connectivity index (χ2v) is 10.4. The SMILES string of the molecule is COc1ccc2cc(C(CN3CCC(N4CCCC4)CC3)C3CCCCC3O)ccc2c1.Cl.Cl. The van der Waals surface area contributed by atoms with Crippen LogP contribution in [0.1, 0.15) is 62.8 Å². The number of hydrogen-bond acceptors (Lipinski definition) is 4. The number of methoxy groups -OCH3 is 1. The molecule has 0 spiro atoms. The number of nitrogens with zero attached hydrogens (tertiary/aromatic N) is 2. The van der Waals surface area contributed by atoms with Gasteiger partial charge in [0.05, 0.1) is 13.2 Å². The molecule has 6 heteroatoms. The van der Waals surface area contributed by atoms with Crippen molar-refractivity contribution in [3.63, 3.8) is 0 Å². The molecule has 0 bridgehead atoms. The first kappa shape index (κ1) is 27.5. The van der Waals surface area contributed by atoms with Gasteiger partial charge in [0.15, 0.2) is 0 Å². The maximum absolute atomic E-state index is 11.0. The summed E-state index contributed by atoms with van der Waals surface area (Å²) in [6.45, 7) is 6.10. The van der Waals surface area contributed by atoms with Crippen LogP contribution < -0.4 is 4.74 Å². The van der Waals surface area contributed by atoms with Crippen molar-refractivity contribution in [2.45, 2.75) is 69.4 Å². The van der Waals surface area contributed by atoms with E-state index in [2.05, 4.69) is 46.2 Å². The minimum Gasteiger partial charge on any atom is -0.497 e. The van der Waals surface area contributed by atoms with Crippen LogP contribution in [0.5, 0.6) is 5.75 Å². The van der Waals surface area contributed by atoms with Crippen molar-refractivity contribution in [2.24, 2.45) is 5.92 Å². The third-order valence-electron chi connectivity index (χ3n) is 8.47.